The Balaban J connectivity index is 1.94. The number of hydrogen-bond acceptors (Lipinski definition) is 3. The number of fused-ring (bicyclic) bond motifs is 1. The highest BCUT2D eigenvalue weighted by Gasteiger charge is 2.56. The van der Waals surface area contributed by atoms with Crippen LogP contribution in [-0.4, -0.2) is 20.8 Å². The van der Waals surface area contributed by atoms with Crippen LogP contribution in [0.4, 0.5) is 0 Å². The number of methoxy groups -OCH3 is 2. The Kier molecular flexibility index (Phi) is 4.46. The van der Waals surface area contributed by atoms with Gasteiger partial charge in [0.1, 0.15) is 16.0 Å². The molecule has 0 aliphatic heterocycles. The number of benzene rings is 1. The van der Waals surface area contributed by atoms with Gasteiger partial charge in [0, 0.05) is 11.6 Å². The van der Waals surface area contributed by atoms with Crippen LogP contribution in [0.25, 0.3) is 0 Å². The van der Waals surface area contributed by atoms with E-state index < -0.39 is 0 Å². The molecule has 2 aliphatic rings. The maximum absolute atomic E-state index is 5.68. The van der Waals surface area contributed by atoms with Gasteiger partial charge in [-0.25, -0.2) is 0 Å². The van der Waals surface area contributed by atoms with Gasteiger partial charge in [0.25, 0.3) is 0 Å². The van der Waals surface area contributed by atoms with Crippen molar-refractivity contribution < 1.29 is 9.47 Å². The zero-order valence-electron chi connectivity index (χ0n) is 13.0. The molecule has 0 radical (unpaired) electrons. The molecule has 3 unspecified atom stereocenters. The summed E-state index contributed by atoms with van der Waals surface area (Å²) in [6.45, 7) is 3.16. The van der Waals surface area contributed by atoms with Gasteiger partial charge < -0.3 is 14.8 Å². The molecule has 0 aromatic heterocycles. The first-order valence-corrected chi connectivity index (χ1v) is 8.66. The standard InChI is InChI=1S/C17H24BrNO2/c1-4-19-16(14-10-6-5-7-11(10)14)12-8-9-13(20-2)15(18)17(12)21-3/h8-11,14,16,19H,4-7H2,1-3H3. The molecule has 1 aromatic rings. The van der Waals surface area contributed by atoms with Gasteiger partial charge in [-0.15, -0.1) is 0 Å². The van der Waals surface area contributed by atoms with Crippen molar-refractivity contribution in [1.29, 1.82) is 0 Å². The average Bonchev–Trinajstić information content (AvgIpc) is 2.95. The summed E-state index contributed by atoms with van der Waals surface area (Å²) in [6, 6.07) is 4.58. The van der Waals surface area contributed by atoms with E-state index in [1.54, 1.807) is 14.2 Å². The molecule has 2 saturated carbocycles. The maximum Gasteiger partial charge on any atom is 0.141 e. The van der Waals surface area contributed by atoms with Crippen LogP contribution >= 0.6 is 15.9 Å². The Hall–Kier alpha value is -0.740. The van der Waals surface area contributed by atoms with Crippen LogP contribution in [0.5, 0.6) is 11.5 Å². The van der Waals surface area contributed by atoms with E-state index in [-0.39, 0.29) is 0 Å². The van der Waals surface area contributed by atoms with Crippen LogP contribution in [0.15, 0.2) is 16.6 Å². The molecule has 0 heterocycles. The SMILES string of the molecule is CCNC(c1ccc(OC)c(Br)c1OC)C1C2CCCC21. The summed E-state index contributed by atoms with van der Waals surface area (Å²) in [6.07, 6.45) is 4.21. The lowest BCUT2D eigenvalue weighted by Gasteiger charge is -2.24. The minimum atomic E-state index is 0.391. The van der Waals surface area contributed by atoms with E-state index in [4.69, 9.17) is 9.47 Å². The summed E-state index contributed by atoms with van der Waals surface area (Å²) >= 11 is 3.62. The van der Waals surface area contributed by atoms with E-state index in [0.29, 0.717) is 6.04 Å². The first-order valence-electron chi connectivity index (χ1n) is 7.86. The number of halogens is 1. The predicted octanol–water partition coefficient (Wildman–Crippen LogP) is 4.16. The third kappa shape index (κ3) is 2.57. The molecule has 116 valence electrons. The van der Waals surface area contributed by atoms with E-state index in [9.17, 15) is 0 Å². The lowest BCUT2D eigenvalue weighted by molar-refractivity contribution is 0.366. The van der Waals surface area contributed by atoms with Crippen molar-refractivity contribution in [2.24, 2.45) is 17.8 Å². The van der Waals surface area contributed by atoms with E-state index in [2.05, 4.69) is 34.2 Å². The highest BCUT2D eigenvalue weighted by molar-refractivity contribution is 9.10. The van der Waals surface area contributed by atoms with Crippen molar-refractivity contribution in [3.05, 3.63) is 22.2 Å². The smallest absolute Gasteiger partial charge is 0.141 e. The number of rotatable bonds is 6. The van der Waals surface area contributed by atoms with Crippen molar-refractivity contribution in [3.8, 4) is 11.5 Å². The first-order chi connectivity index (χ1) is 10.2. The molecular weight excluding hydrogens is 330 g/mol. The second-order valence-corrected chi connectivity index (χ2v) is 6.87. The van der Waals surface area contributed by atoms with Crippen molar-refractivity contribution in [2.45, 2.75) is 32.2 Å². The summed E-state index contributed by atoms with van der Waals surface area (Å²) < 4.78 is 12.0. The van der Waals surface area contributed by atoms with Crippen LogP contribution in [0.3, 0.4) is 0 Å². The molecular formula is C17H24BrNO2. The summed E-state index contributed by atoms with van der Waals surface area (Å²) in [5.41, 5.74) is 1.26. The molecule has 1 N–H and O–H groups in total. The molecule has 0 amide bonds. The molecule has 3 nitrogen and oxygen atoms in total. The summed E-state index contributed by atoms with van der Waals surface area (Å²) in [4.78, 5) is 0. The highest BCUT2D eigenvalue weighted by atomic mass is 79.9. The average molecular weight is 354 g/mol. The summed E-state index contributed by atoms with van der Waals surface area (Å²) in [7, 11) is 3.42. The zero-order valence-corrected chi connectivity index (χ0v) is 14.6. The van der Waals surface area contributed by atoms with Gasteiger partial charge >= 0.3 is 0 Å². The fourth-order valence-electron chi connectivity index (χ4n) is 4.21. The Morgan fingerprint density at radius 3 is 2.52 bits per heavy atom. The molecule has 1 aromatic carbocycles. The van der Waals surface area contributed by atoms with E-state index in [1.807, 2.05) is 6.07 Å². The van der Waals surface area contributed by atoms with Gasteiger partial charge in [-0.2, -0.15) is 0 Å². The van der Waals surface area contributed by atoms with Gasteiger partial charge in [0.05, 0.1) is 14.2 Å². The second kappa shape index (κ2) is 6.17. The Morgan fingerprint density at radius 2 is 1.95 bits per heavy atom. The third-order valence-corrected chi connectivity index (χ3v) is 5.88. The minimum absolute atomic E-state index is 0.391. The topological polar surface area (TPSA) is 30.5 Å². The third-order valence-electron chi connectivity index (χ3n) is 5.13. The fraction of sp³-hybridized carbons (Fsp3) is 0.647. The van der Waals surface area contributed by atoms with Gasteiger partial charge in [0.2, 0.25) is 0 Å². The van der Waals surface area contributed by atoms with Crippen LogP contribution in [0.2, 0.25) is 0 Å². The van der Waals surface area contributed by atoms with Crippen LogP contribution < -0.4 is 14.8 Å². The highest BCUT2D eigenvalue weighted by Crippen LogP contribution is 2.63. The van der Waals surface area contributed by atoms with Gasteiger partial charge in [0.15, 0.2) is 0 Å². The van der Waals surface area contributed by atoms with Crippen LogP contribution in [-0.2, 0) is 0 Å². The molecule has 21 heavy (non-hydrogen) atoms. The predicted molar refractivity (Wildman–Crippen MR) is 88.0 cm³/mol. The first kappa shape index (κ1) is 15.2. The van der Waals surface area contributed by atoms with Crippen LogP contribution in [0, 0.1) is 17.8 Å². The molecule has 2 fully saturated rings. The van der Waals surface area contributed by atoms with E-state index in [0.717, 1.165) is 40.3 Å². The van der Waals surface area contributed by atoms with Gasteiger partial charge in [-0.1, -0.05) is 13.3 Å². The normalized spacial score (nSPS) is 28.1. The van der Waals surface area contributed by atoms with Crippen LogP contribution in [0.1, 0.15) is 37.8 Å². The van der Waals surface area contributed by atoms with Crippen molar-refractivity contribution >= 4 is 15.9 Å². The Labute approximate surface area is 135 Å². The molecule has 3 atom stereocenters. The molecule has 0 spiro atoms. The Bertz CT molecular complexity index is 510. The van der Waals surface area contributed by atoms with Crippen molar-refractivity contribution in [3.63, 3.8) is 0 Å². The molecule has 3 rings (SSSR count). The van der Waals surface area contributed by atoms with E-state index >= 15 is 0 Å². The number of hydrogen-bond donors (Lipinski definition) is 1. The molecule has 4 heteroatoms. The molecule has 0 bridgehead atoms. The Morgan fingerprint density at radius 1 is 1.24 bits per heavy atom. The fourth-order valence-corrected chi connectivity index (χ4v) is 4.89. The number of ether oxygens (including phenoxy) is 2. The van der Waals surface area contributed by atoms with E-state index in [1.165, 1.54) is 24.8 Å². The summed E-state index contributed by atoms with van der Waals surface area (Å²) in [5, 5.41) is 3.69. The zero-order chi connectivity index (χ0) is 15.0. The quantitative estimate of drug-likeness (QED) is 0.832. The van der Waals surface area contributed by atoms with Gasteiger partial charge in [-0.3, -0.25) is 0 Å². The minimum Gasteiger partial charge on any atom is -0.495 e. The largest absolute Gasteiger partial charge is 0.495 e. The second-order valence-electron chi connectivity index (χ2n) is 6.08. The number of nitrogens with one attached hydrogen (secondary N) is 1. The maximum atomic E-state index is 5.68. The lowest BCUT2D eigenvalue weighted by Crippen LogP contribution is -2.25. The monoisotopic (exact) mass is 353 g/mol. The van der Waals surface area contributed by atoms with Gasteiger partial charge in [-0.05, 0) is 65.2 Å². The molecule has 0 saturated heterocycles. The van der Waals surface area contributed by atoms with Crippen molar-refractivity contribution in [2.75, 3.05) is 20.8 Å². The lowest BCUT2D eigenvalue weighted by atomic mass is 9.96. The molecule has 2 aliphatic carbocycles. The van der Waals surface area contributed by atoms with Crippen molar-refractivity contribution in [1.82, 2.24) is 5.32 Å². The summed E-state index contributed by atoms with van der Waals surface area (Å²) in [5.74, 6) is 4.33.